The molecule has 3 nitrogen and oxygen atoms in total. The molecule has 2 unspecified atom stereocenters. The first-order valence-electron chi connectivity index (χ1n) is 6.29. The summed E-state index contributed by atoms with van der Waals surface area (Å²) in [4.78, 5) is 11.9. The van der Waals surface area contributed by atoms with Crippen LogP contribution in [0, 0.1) is 5.92 Å². The number of anilines is 1. The standard InChI is InChI=1S/C14H20N2O/c1-10(12-8-9-12)15-11(2)14(17)16-13-6-4-3-5-7-13/h3-7,10-12,15H,8-9H2,1-2H3,(H,16,17). The highest BCUT2D eigenvalue weighted by atomic mass is 16.2. The zero-order valence-electron chi connectivity index (χ0n) is 10.4. The molecule has 17 heavy (non-hydrogen) atoms. The third-order valence-electron chi connectivity index (χ3n) is 3.28. The number of nitrogens with one attached hydrogen (secondary N) is 2. The number of hydrogen-bond acceptors (Lipinski definition) is 2. The largest absolute Gasteiger partial charge is 0.325 e. The molecule has 1 amide bonds. The highest BCUT2D eigenvalue weighted by molar-refractivity contribution is 5.94. The molecule has 3 heteroatoms. The Morgan fingerprint density at radius 1 is 1.24 bits per heavy atom. The highest BCUT2D eigenvalue weighted by Crippen LogP contribution is 2.32. The molecule has 1 aliphatic carbocycles. The second-order valence-electron chi connectivity index (χ2n) is 4.87. The van der Waals surface area contributed by atoms with Gasteiger partial charge in [0, 0.05) is 11.7 Å². The molecule has 0 bridgehead atoms. The van der Waals surface area contributed by atoms with Gasteiger partial charge in [0.05, 0.1) is 6.04 Å². The van der Waals surface area contributed by atoms with Gasteiger partial charge in [-0.05, 0) is 44.7 Å². The topological polar surface area (TPSA) is 41.1 Å². The minimum atomic E-state index is -0.147. The fourth-order valence-corrected chi connectivity index (χ4v) is 1.97. The maximum absolute atomic E-state index is 11.9. The number of benzene rings is 1. The summed E-state index contributed by atoms with van der Waals surface area (Å²) in [5.74, 6) is 0.797. The number of carbonyl (C=O) groups is 1. The molecule has 2 rings (SSSR count). The fourth-order valence-electron chi connectivity index (χ4n) is 1.97. The SMILES string of the molecule is CC(NC(C)C1CC1)C(=O)Nc1ccccc1. The molecule has 0 saturated heterocycles. The Bertz CT molecular complexity index is 373. The minimum absolute atomic E-state index is 0.0312. The summed E-state index contributed by atoms with van der Waals surface area (Å²) in [5.41, 5.74) is 0.852. The van der Waals surface area contributed by atoms with Gasteiger partial charge in [-0.15, -0.1) is 0 Å². The minimum Gasteiger partial charge on any atom is -0.325 e. The quantitative estimate of drug-likeness (QED) is 0.818. The van der Waals surface area contributed by atoms with Crippen LogP contribution in [0.1, 0.15) is 26.7 Å². The zero-order chi connectivity index (χ0) is 12.3. The van der Waals surface area contributed by atoms with Crippen LogP contribution in [0.15, 0.2) is 30.3 Å². The molecule has 0 aromatic heterocycles. The summed E-state index contributed by atoms with van der Waals surface area (Å²) in [7, 11) is 0. The predicted molar refractivity (Wildman–Crippen MR) is 69.9 cm³/mol. The normalized spacial score (nSPS) is 18.5. The lowest BCUT2D eigenvalue weighted by Gasteiger charge is -2.19. The Kier molecular flexibility index (Phi) is 3.79. The number of amides is 1. The second-order valence-corrected chi connectivity index (χ2v) is 4.87. The van der Waals surface area contributed by atoms with Gasteiger partial charge in [0.2, 0.25) is 5.91 Å². The van der Waals surface area contributed by atoms with Gasteiger partial charge in [-0.3, -0.25) is 4.79 Å². The first-order valence-corrected chi connectivity index (χ1v) is 6.29. The van der Waals surface area contributed by atoms with Crippen molar-refractivity contribution in [1.82, 2.24) is 5.32 Å². The highest BCUT2D eigenvalue weighted by Gasteiger charge is 2.29. The van der Waals surface area contributed by atoms with Gasteiger partial charge >= 0.3 is 0 Å². The second kappa shape index (κ2) is 5.32. The number of carbonyl (C=O) groups excluding carboxylic acids is 1. The van der Waals surface area contributed by atoms with Crippen molar-refractivity contribution in [2.45, 2.75) is 38.8 Å². The van der Waals surface area contributed by atoms with Gasteiger partial charge in [0.25, 0.3) is 0 Å². The van der Waals surface area contributed by atoms with E-state index in [1.54, 1.807) is 0 Å². The molecule has 1 aromatic rings. The lowest BCUT2D eigenvalue weighted by atomic mass is 10.2. The van der Waals surface area contributed by atoms with Crippen molar-refractivity contribution in [2.75, 3.05) is 5.32 Å². The van der Waals surface area contributed by atoms with E-state index in [0.717, 1.165) is 11.6 Å². The maximum Gasteiger partial charge on any atom is 0.241 e. The molecule has 0 spiro atoms. The summed E-state index contributed by atoms with van der Waals surface area (Å²) >= 11 is 0. The molecule has 1 fully saturated rings. The Morgan fingerprint density at radius 3 is 2.47 bits per heavy atom. The molecule has 1 aliphatic rings. The third-order valence-corrected chi connectivity index (χ3v) is 3.28. The molecule has 1 aromatic carbocycles. The molecule has 2 atom stereocenters. The number of hydrogen-bond donors (Lipinski definition) is 2. The van der Waals surface area contributed by atoms with Gasteiger partial charge in [-0.1, -0.05) is 18.2 Å². The van der Waals surface area contributed by atoms with Gasteiger partial charge < -0.3 is 10.6 Å². The van der Waals surface area contributed by atoms with Crippen molar-refractivity contribution >= 4 is 11.6 Å². The lowest BCUT2D eigenvalue weighted by Crippen LogP contribution is -2.43. The molecular weight excluding hydrogens is 212 g/mol. The maximum atomic E-state index is 11.9. The Labute approximate surface area is 103 Å². The van der Waals surface area contributed by atoms with Crippen LogP contribution in [0.4, 0.5) is 5.69 Å². The van der Waals surface area contributed by atoms with E-state index in [1.807, 2.05) is 37.3 Å². The Hall–Kier alpha value is -1.35. The van der Waals surface area contributed by atoms with Crippen molar-refractivity contribution in [3.8, 4) is 0 Å². The van der Waals surface area contributed by atoms with Crippen molar-refractivity contribution in [3.63, 3.8) is 0 Å². The van der Waals surface area contributed by atoms with Gasteiger partial charge in [-0.25, -0.2) is 0 Å². The van der Waals surface area contributed by atoms with Gasteiger partial charge in [0.1, 0.15) is 0 Å². The average Bonchev–Trinajstić information content (AvgIpc) is 3.14. The van der Waals surface area contributed by atoms with Crippen LogP contribution in [-0.2, 0) is 4.79 Å². The van der Waals surface area contributed by atoms with E-state index in [-0.39, 0.29) is 11.9 Å². The van der Waals surface area contributed by atoms with E-state index >= 15 is 0 Å². The van der Waals surface area contributed by atoms with Gasteiger partial charge in [-0.2, -0.15) is 0 Å². The first-order chi connectivity index (χ1) is 8.16. The Balaban J connectivity index is 1.82. The monoisotopic (exact) mass is 232 g/mol. The average molecular weight is 232 g/mol. The van der Waals surface area contributed by atoms with E-state index in [9.17, 15) is 4.79 Å². The van der Waals surface area contributed by atoms with Crippen LogP contribution in [0.25, 0.3) is 0 Å². The molecule has 0 aliphatic heterocycles. The van der Waals surface area contributed by atoms with Crippen LogP contribution < -0.4 is 10.6 Å². The van der Waals surface area contributed by atoms with Crippen LogP contribution in [-0.4, -0.2) is 18.0 Å². The van der Waals surface area contributed by atoms with Gasteiger partial charge in [0.15, 0.2) is 0 Å². The summed E-state index contributed by atoms with van der Waals surface area (Å²) in [6, 6.07) is 9.86. The molecule has 1 saturated carbocycles. The van der Waals surface area contributed by atoms with Crippen molar-refractivity contribution in [1.29, 1.82) is 0 Å². The van der Waals surface area contributed by atoms with Crippen LogP contribution >= 0.6 is 0 Å². The molecule has 2 N–H and O–H groups in total. The number of rotatable bonds is 5. The van der Waals surface area contributed by atoms with Crippen LogP contribution in [0.5, 0.6) is 0 Å². The molecule has 0 radical (unpaired) electrons. The summed E-state index contributed by atoms with van der Waals surface area (Å²) in [6.45, 7) is 4.07. The zero-order valence-corrected chi connectivity index (χ0v) is 10.4. The summed E-state index contributed by atoms with van der Waals surface area (Å²) in [5, 5.41) is 6.25. The van der Waals surface area contributed by atoms with E-state index in [4.69, 9.17) is 0 Å². The van der Waals surface area contributed by atoms with Crippen LogP contribution in [0.3, 0.4) is 0 Å². The molecule has 0 heterocycles. The third kappa shape index (κ3) is 3.56. The van der Waals surface area contributed by atoms with Crippen molar-refractivity contribution in [3.05, 3.63) is 30.3 Å². The molecule has 92 valence electrons. The number of para-hydroxylation sites is 1. The fraction of sp³-hybridized carbons (Fsp3) is 0.500. The smallest absolute Gasteiger partial charge is 0.241 e. The lowest BCUT2D eigenvalue weighted by molar-refractivity contribution is -0.118. The molecular formula is C14H20N2O. The van der Waals surface area contributed by atoms with Crippen molar-refractivity contribution in [2.24, 2.45) is 5.92 Å². The van der Waals surface area contributed by atoms with E-state index < -0.39 is 0 Å². The summed E-state index contributed by atoms with van der Waals surface area (Å²) < 4.78 is 0. The van der Waals surface area contributed by atoms with Crippen LogP contribution in [0.2, 0.25) is 0 Å². The first kappa shape index (κ1) is 12.1. The predicted octanol–water partition coefficient (Wildman–Crippen LogP) is 2.40. The van der Waals surface area contributed by atoms with E-state index in [2.05, 4.69) is 17.6 Å². The Morgan fingerprint density at radius 2 is 1.88 bits per heavy atom. The van der Waals surface area contributed by atoms with Crippen molar-refractivity contribution < 1.29 is 4.79 Å². The van der Waals surface area contributed by atoms with E-state index in [0.29, 0.717) is 6.04 Å². The van der Waals surface area contributed by atoms with E-state index in [1.165, 1.54) is 12.8 Å². The summed E-state index contributed by atoms with van der Waals surface area (Å²) in [6.07, 6.45) is 2.59.